The number of amides is 1. The lowest BCUT2D eigenvalue weighted by Gasteiger charge is -2.19. The molecule has 1 amide bonds. The zero-order chi connectivity index (χ0) is 12.8. The lowest BCUT2D eigenvalue weighted by Crippen LogP contribution is -2.31. The molecular weight excluding hydrogens is 280 g/mol. The van der Waals surface area contributed by atoms with Gasteiger partial charge in [0.15, 0.2) is 0 Å². The summed E-state index contributed by atoms with van der Waals surface area (Å²) in [6.45, 7) is 8.23. The SMILES string of the molecule is C=CCN(CC=C)C(=O)c1cc(N)cc(Br)c1. The first-order valence-electron chi connectivity index (χ1n) is 5.15. The maximum atomic E-state index is 12.2. The topological polar surface area (TPSA) is 46.3 Å². The highest BCUT2D eigenvalue weighted by Crippen LogP contribution is 2.18. The monoisotopic (exact) mass is 294 g/mol. The van der Waals surface area contributed by atoms with E-state index in [4.69, 9.17) is 5.73 Å². The Labute approximate surface area is 110 Å². The van der Waals surface area contributed by atoms with Gasteiger partial charge in [-0.3, -0.25) is 4.79 Å². The van der Waals surface area contributed by atoms with Gasteiger partial charge in [0.25, 0.3) is 5.91 Å². The molecule has 0 fully saturated rings. The second kappa shape index (κ2) is 6.25. The molecule has 1 aromatic rings. The van der Waals surface area contributed by atoms with Gasteiger partial charge in [-0.2, -0.15) is 0 Å². The molecule has 0 bridgehead atoms. The maximum Gasteiger partial charge on any atom is 0.254 e. The number of hydrogen-bond acceptors (Lipinski definition) is 2. The number of anilines is 1. The summed E-state index contributed by atoms with van der Waals surface area (Å²) in [4.78, 5) is 13.8. The molecule has 0 radical (unpaired) electrons. The summed E-state index contributed by atoms with van der Waals surface area (Å²) < 4.78 is 0.790. The fourth-order valence-electron chi connectivity index (χ4n) is 1.47. The van der Waals surface area contributed by atoms with Gasteiger partial charge in [-0.1, -0.05) is 28.1 Å². The van der Waals surface area contributed by atoms with Crippen molar-refractivity contribution in [3.63, 3.8) is 0 Å². The number of carbonyl (C=O) groups excluding carboxylic acids is 1. The molecule has 4 heteroatoms. The fourth-order valence-corrected chi connectivity index (χ4v) is 1.98. The highest BCUT2D eigenvalue weighted by molar-refractivity contribution is 9.10. The highest BCUT2D eigenvalue weighted by atomic mass is 79.9. The van der Waals surface area contributed by atoms with Crippen molar-refractivity contribution in [3.8, 4) is 0 Å². The average molecular weight is 295 g/mol. The lowest BCUT2D eigenvalue weighted by atomic mass is 10.1. The molecule has 0 unspecified atom stereocenters. The molecule has 3 nitrogen and oxygen atoms in total. The second-order valence-corrected chi connectivity index (χ2v) is 4.48. The van der Waals surface area contributed by atoms with Crippen molar-refractivity contribution >= 4 is 27.5 Å². The number of nitrogen functional groups attached to an aromatic ring is 1. The first-order chi connectivity index (χ1) is 8.08. The standard InChI is InChI=1S/C13H15BrN2O/c1-3-5-16(6-4-2)13(17)10-7-11(14)9-12(15)8-10/h3-4,7-9H,1-2,5-6,15H2. The van der Waals surface area contributed by atoms with Crippen molar-refractivity contribution in [3.05, 3.63) is 53.5 Å². The van der Waals surface area contributed by atoms with Crippen molar-refractivity contribution in [2.45, 2.75) is 0 Å². The Morgan fingerprint density at radius 3 is 2.35 bits per heavy atom. The maximum absolute atomic E-state index is 12.2. The van der Waals surface area contributed by atoms with Crippen LogP contribution in [0.2, 0.25) is 0 Å². The van der Waals surface area contributed by atoms with Crippen molar-refractivity contribution in [2.24, 2.45) is 0 Å². The molecule has 1 aromatic carbocycles. The van der Waals surface area contributed by atoms with Crippen molar-refractivity contribution in [1.82, 2.24) is 4.90 Å². The van der Waals surface area contributed by atoms with Crippen LogP contribution >= 0.6 is 15.9 Å². The largest absolute Gasteiger partial charge is 0.399 e. The van der Waals surface area contributed by atoms with Gasteiger partial charge in [0.2, 0.25) is 0 Å². The number of halogens is 1. The first kappa shape index (κ1) is 13.5. The normalized spacial score (nSPS) is 9.71. The molecule has 2 N–H and O–H groups in total. The zero-order valence-corrected chi connectivity index (χ0v) is 11.1. The van der Waals surface area contributed by atoms with Gasteiger partial charge in [-0.25, -0.2) is 0 Å². The molecule has 0 atom stereocenters. The number of nitrogens with two attached hydrogens (primary N) is 1. The van der Waals surface area contributed by atoms with E-state index in [1.165, 1.54) is 0 Å². The summed E-state index contributed by atoms with van der Waals surface area (Å²) in [6, 6.07) is 5.16. The number of carbonyl (C=O) groups is 1. The molecule has 1 rings (SSSR count). The van der Waals surface area contributed by atoms with E-state index >= 15 is 0 Å². The summed E-state index contributed by atoms with van der Waals surface area (Å²) in [5.74, 6) is -0.0854. The smallest absolute Gasteiger partial charge is 0.254 e. The van der Waals surface area contributed by atoms with E-state index in [1.807, 2.05) is 0 Å². The van der Waals surface area contributed by atoms with Gasteiger partial charge in [-0.05, 0) is 18.2 Å². The Bertz CT molecular complexity index is 413. The number of rotatable bonds is 5. The van der Waals surface area contributed by atoms with E-state index in [1.54, 1.807) is 35.3 Å². The predicted molar refractivity (Wildman–Crippen MR) is 74.9 cm³/mol. The molecule has 0 heterocycles. The Kier molecular flexibility index (Phi) is 4.97. The molecule has 0 saturated heterocycles. The van der Waals surface area contributed by atoms with Crippen LogP contribution in [0.5, 0.6) is 0 Å². The van der Waals surface area contributed by atoms with Crippen LogP contribution in [0.25, 0.3) is 0 Å². The highest BCUT2D eigenvalue weighted by Gasteiger charge is 2.14. The van der Waals surface area contributed by atoms with Gasteiger partial charge >= 0.3 is 0 Å². The van der Waals surface area contributed by atoms with Crippen LogP contribution in [-0.4, -0.2) is 23.9 Å². The molecule has 0 aromatic heterocycles. The minimum Gasteiger partial charge on any atom is -0.399 e. The third kappa shape index (κ3) is 3.75. The van der Waals surface area contributed by atoms with E-state index in [0.717, 1.165) is 4.47 Å². The summed E-state index contributed by atoms with van der Waals surface area (Å²) in [7, 11) is 0. The molecule has 0 aliphatic heterocycles. The molecule has 17 heavy (non-hydrogen) atoms. The van der Waals surface area contributed by atoms with Crippen LogP contribution in [0.4, 0.5) is 5.69 Å². The Hall–Kier alpha value is -1.55. The van der Waals surface area contributed by atoms with Gasteiger partial charge in [-0.15, -0.1) is 13.2 Å². The van der Waals surface area contributed by atoms with Crippen LogP contribution in [-0.2, 0) is 0 Å². The lowest BCUT2D eigenvalue weighted by molar-refractivity contribution is 0.0791. The molecule has 0 spiro atoms. The van der Waals surface area contributed by atoms with E-state index in [-0.39, 0.29) is 5.91 Å². The third-order valence-corrected chi connectivity index (χ3v) is 2.61. The van der Waals surface area contributed by atoms with Crippen LogP contribution in [0.15, 0.2) is 48.0 Å². The fraction of sp³-hybridized carbons (Fsp3) is 0.154. The van der Waals surface area contributed by atoms with Crippen molar-refractivity contribution in [2.75, 3.05) is 18.8 Å². The van der Waals surface area contributed by atoms with Crippen molar-refractivity contribution < 1.29 is 4.79 Å². The van der Waals surface area contributed by atoms with Gasteiger partial charge in [0.05, 0.1) is 0 Å². The Morgan fingerprint density at radius 2 is 1.88 bits per heavy atom. The van der Waals surface area contributed by atoms with Crippen LogP contribution in [0, 0.1) is 0 Å². The van der Waals surface area contributed by atoms with Crippen LogP contribution in [0.1, 0.15) is 10.4 Å². The van der Waals surface area contributed by atoms with E-state index in [9.17, 15) is 4.79 Å². The summed E-state index contributed by atoms with van der Waals surface area (Å²) in [5, 5.41) is 0. The molecular formula is C13H15BrN2O. The van der Waals surface area contributed by atoms with Crippen LogP contribution < -0.4 is 5.73 Å². The average Bonchev–Trinajstić information content (AvgIpc) is 2.26. The molecule has 0 aliphatic rings. The number of benzene rings is 1. The van der Waals surface area contributed by atoms with E-state index < -0.39 is 0 Å². The molecule has 0 saturated carbocycles. The second-order valence-electron chi connectivity index (χ2n) is 3.56. The van der Waals surface area contributed by atoms with E-state index in [0.29, 0.717) is 24.3 Å². The minimum absolute atomic E-state index is 0.0854. The summed E-state index contributed by atoms with van der Waals surface area (Å²) in [5.41, 5.74) is 6.82. The number of nitrogens with zero attached hydrogens (tertiary/aromatic N) is 1. The van der Waals surface area contributed by atoms with E-state index in [2.05, 4.69) is 29.1 Å². The number of hydrogen-bond donors (Lipinski definition) is 1. The first-order valence-corrected chi connectivity index (χ1v) is 5.95. The third-order valence-electron chi connectivity index (χ3n) is 2.15. The van der Waals surface area contributed by atoms with Crippen molar-refractivity contribution in [1.29, 1.82) is 0 Å². The summed E-state index contributed by atoms with van der Waals surface area (Å²) in [6.07, 6.45) is 3.37. The molecule has 0 aliphatic carbocycles. The minimum atomic E-state index is -0.0854. The van der Waals surface area contributed by atoms with Gasteiger partial charge in [0.1, 0.15) is 0 Å². The quantitative estimate of drug-likeness (QED) is 0.670. The van der Waals surface area contributed by atoms with Crippen LogP contribution in [0.3, 0.4) is 0 Å². The summed E-state index contributed by atoms with van der Waals surface area (Å²) >= 11 is 3.32. The molecule has 90 valence electrons. The van der Waals surface area contributed by atoms with Gasteiger partial charge in [0, 0.05) is 28.8 Å². The van der Waals surface area contributed by atoms with Gasteiger partial charge < -0.3 is 10.6 Å². The Balaban J connectivity index is 2.99. The predicted octanol–water partition coefficient (Wildman–Crippen LogP) is 2.85. The Morgan fingerprint density at radius 1 is 1.29 bits per heavy atom. The zero-order valence-electron chi connectivity index (χ0n) is 9.53.